The minimum absolute atomic E-state index is 0.308. The van der Waals surface area contributed by atoms with Crippen molar-refractivity contribution in [2.45, 2.75) is 6.42 Å². The number of halogens is 2. The third-order valence-electron chi connectivity index (χ3n) is 3.03. The minimum atomic E-state index is -0.308. The highest BCUT2D eigenvalue weighted by atomic mass is 35.5. The number of anilines is 1. The van der Waals surface area contributed by atoms with Crippen LogP contribution in [0.1, 0.15) is 5.56 Å². The highest BCUT2D eigenvalue weighted by Crippen LogP contribution is 2.21. The highest BCUT2D eigenvalue weighted by molar-refractivity contribution is 6.35. The molecule has 0 amide bonds. The Bertz CT molecular complexity index is 842. The lowest BCUT2D eigenvalue weighted by Crippen LogP contribution is -2.11. The van der Waals surface area contributed by atoms with Crippen LogP contribution in [-0.2, 0) is 6.42 Å². The van der Waals surface area contributed by atoms with Gasteiger partial charge < -0.3 is 5.32 Å². The van der Waals surface area contributed by atoms with Gasteiger partial charge in [0, 0.05) is 22.7 Å². The molecule has 0 aliphatic carbocycles. The number of benzene rings is 1. The Hall–Kier alpha value is -2.05. The fourth-order valence-corrected chi connectivity index (χ4v) is 2.46. The number of aromatic nitrogens is 4. The number of aromatic amines is 1. The van der Waals surface area contributed by atoms with E-state index in [0.29, 0.717) is 28.1 Å². The molecule has 0 radical (unpaired) electrons. The lowest BCUT2D eigenvalue weighted by Gasteiger charge is -2.07. The van der Waals surface area contributed by atoms with E-state index in [0.717, 1.165) is 12.0 Å². The number of rotatable bonds is 4. The van der Waals surface area contributed by atoms with Crippen LogP contribution in [0.3, 0.4) is 0 Å². The van der Waals surface area contributed by atoms with Crippen molar-refractivity contribution in [3.63, 3.8) is 0 Å². The monoisotopic (exact) mass is 323 g/mol. The molecule has 108 valence electrons. The third kappa shape index (κ3) is 3.01. The Morgan fingerprint density at radius 1 is 1.29 bits per heavy atom. The van der Waals surface area contributed by atoms with Gasteiger partial charge in [0.15, 0.2) is 5.65 Å². The van der Waals surface area contributed by atoms with Gasteiger partial charge in [0.25, 0.3) is 0 Å². The van der Waals surface area contributed by atoms with Gasteiger partial charge in [-0.15, -0.1) is 0 Å². The molecule has 0 bridgehead atoms. The zero-order valence-corrected chi connectivity index (χ0v) is 12.3. The molecule has 3 aromatic rings. The Labute approximate surface area is 129 Å². The van der Waals surface area contributed by atoms with Crippen molar-refractivity contribution in [1.82, 2.24) is 19.6 Å². The molecule has 3 rings (SSSR count). The summed E-state index contributed by atoms with van der Waals surface area (Å²) in [5, 5.41) is 10.7. The van der Waals surface area contributed by atoms with Crippen molar-refractivity contribution in [2.75, 3.05) is 11.9 Å². The molecule has 2 heterocycles. The molecule has 0 aliphatic heterocycles. The quantitative estimate of drug-likeness (QED) is 0.773. The topological polar surface area (TPSA) is 75.1 Å². The second kappa shape index (κ2) is 5.75. The highest BCUT2D eigenvalue weighted by Gasteiger charge is 2.04. The van der Waals surface area contributed by atoms with Gasteiger partial charge in [-0.2, -0.15) is 5.10 Å². The summed E-state index contributed by atoms with van der Waals surface area (Å²) >= 11 is 12.0. The predicted molar refractivity (Wildman–Crippen MR) is 82.3 cm³/mol. The van der Waals surface area contributed by atoms with Crippen molar-refractivity contribution in [3.8, 4) is 0 Å². The van der Waals surface area contributed by atoms with Crippen LogP contribution in [0.25, 0.3) is 5.65 Å². The molecule has 0 unspecified atom stereocenters. The van der Waals surface area contributed by atoms with E-state index in [1.807, 2.05) is 12.1 Å². The molecule has 0 fully saturated rings. The van der Waals surface area contributed by atoms with Gasteiger partial charge in [0.05, 0.1) is 0 Å². The summed E-state index contributed by atoms with van der Waals surface area (Å²) in [5.41, 5.74) is 1.21. The lowest BCUT2D eigenvalue weighted by atomic mass is 10.1. The van der Waals surface area contributed by atoms with Gasteiger partial charge in [0.2, 0.25) is 0 Å². The average molecular weight is 324 g/mol. The van der Waals surface area contributed by atoms with E-state index in [9.17, 15) is 4.79 Å². The number of nitrogens with zero attached hydrogens (tertiary/aromatic N) is 3. The van der Waals surface area contributed by atoms with Gasteiger partial charge in [-0.25, -0.2) is 19.3 Å². The summed E-state index contributed by atoms with van der Waals surface area (Å²) in [6, 6.07) is 7.12. The molecule has 6 nitrogen and oxygen atoms in total. The summed E-state index contributed by atoms with van der Waals surface area (Å²) in [7, 11) is 0. The van der Waals surface area contributed by atoms with Crippen LogP contribution in [-0.4, -0.2) is 26.1 Å². The number of hydrogen-bond acceptors (Lipinski definition) is 4. The van der Waals surface area contributed by atoms with E-state index in [2.05, 4.69) is 20.5 Å². The predicted octanol–water partition coefficient (Wildman–Crippen LogP) is 2.38. The summed E-state index contributed by atoms with van der Waals surface area (Å²) in [6.07, 6.45) is 2.16. The van der Waals surface area contributed by atoms with Crippen molar-refractivity contribution >= 4 is 34.7 Å². The average Bonchev–Trinajstić information content (AvgIpc) is 2.82. The summed E-state index contributed by atoms with van der Waals surface area (Å²) in [4.78, 5) is 15.5. The summed E-state index contributed by atoms with van der Waals surface area (Å²) in [6.45, 7) is 0.652. The molecular formula is C13H11Cl2N5O. The molecule has 2 aromatic heterocycles. The zero-order valence-electron chi connectivity index (χ0n) is 10.8. The molecule has 21 heavy (non-hydrogen) atoms. The number of fused-ring (bicyclic) bond motifs is 1. The fraction of sp³-hybridized carbons (Fsp3) is 0.154. The minimum Gasteiger partial charge on any atom is -0.370 e. The number of hydrogen-bond donors (Lipinski definition) is 2. The van der Waals surface area contributed by atoms with Gasteiger partial charge >= 0.3 is 5.69 Å². The van der Waals surface area contributed by atoms with E-state index in [1.54, 1.807) is 12.1 Å². The Morgan fingerprint density at radius 2 is 2.14 bits per heavy atom. The second-order valence-corrected chi connectivity index (χ2v) is 5.29. The van der Waals surface area contributed by atoms with Gasteiger partial charge in [-0.1, -0.05) is 29.3 Å². The van der Waals surface area contributed by atoms with Crippen molar-refractivity contribution in [1.29, 1.82) is 0 Å². The first-order valence-corrected chi connectivity index (χ1v) is 6.99. The molecule has 1 aromatic carbocycles. The summed E-state index contributed by atoms with van der Waals surface area (Å²) < 4.78 is 1.33. The van der Waals surface area contributed by atoms with Crippen molar-refractivity contribution < 1.29 is 0 Å². The lowest BCUT2D eigenvalue weighted by molar-refractivity contribution is 0.975. The maximum atomic E-state index is 11.3. The van der Waals surface area contributed by atoms with Crippen LogP contribution in [0.4, 0.5) is 5.82 Å². The fourth-order valence-electron chi connectivity index (χ4n) is 1.96. The maximum absolute atomic E-state index is 11.3. The van der Waals surface area contributed by atoms with Gasteiger partial charge in [0.1, 0.15) is 12.1 Å². The van der Waals surface area contributed by atoms with Crippen LogP contribution < -0.4 is 11.0 Å². The smallest absolute Gasteiger partial charge is 0.348 e. The Balaban J connectivity index is 1.67. The van der Waals surface area contributed by atoms with Crippen molar-refractivity contribution in [3.05, 3.63) is 56.7 Å². The molecule has 0 atom stereocenters. The Kier molecular flexibility index (Phi) is 3.81. The first kappa shape index (κ1) is 13.9. The maximum Gasteiger partial charge on any atom is 0.348 e. The second-order valence-electron chi connectivity index (χ2n) is 4.44. The van der Waals surface area contributed by atoms with Crippen LogP contribution >= 0.6 is 23.2 Å². The normalized spacial score (nSPS) is 11.0. The van der Waals surface area contributed by atoms with E-state index < -0.39 is 0 Å². The van der Waals surface area contributed by atoms with E-state index in [4.69, 9.17) is 23.2 Å². The zero-order chi connectivity index (χ0) is 14.8. The first-order chi connectivity index (χ1) is 10.1. The molecule has 0 aliphatic rings. The summed E-state index contributed by atoms with van der Waals surface area (Å²) in [5.74, 6) is 0.645. The van der Waals surface area contributed by atoms with Crippen LogP contribution in [0, 0.1) is 0 Å². The molecule has 0 saturated heterocycles. The van der Waals surface area contributed by atoms with E-state index in [-0.39, 0.29) is 5.69 Å². The van der Waals surface area contributed by atoms with Crippen molar-refractivity contribution in [2.24, 2.45) is 0 Å². The standard InChI is InChI=1S/C13H11Cl2N5O/c14-9-2-1-8(10(15)5-9)3-4-16-11-6-12-18-19-13(21)20(12)7-17-11/h1-2,5-7,16H,3-4H2,(H,19,21). The van der Waals surface area contributed by atoms with E-state index in [1.165, 1.54) is 10.7 Å². The van der Waals surface area contributed by atoms with Crippen LogP contribution in [0.2, 0.25) is 10.0 Å². The molecule has 0 spiro atoms. The largest absolute Gasteiger partial charge is 0.370 e. The molecule has 0 saturated carbocycles. The molecule has 8 heteroatoms. The number of nitrogens with one attached hydrogen (secondary N) is 2. The Morgan fingerprint density at radius 3 is 2.95 bits per heavy atom. The SMILES string of the molecule is O=c1[nH]nc2cc(NCCc3ccc(Cl)cc3Cl)ncn12. The molecule has 2 N–H and O–H groups in total. The molecular weight excluding hydrogens is 313 g/mol. The van der Waals surface area contributed by atoms with Gasteiger partial charge in [-0.3, -0.25) is 0 Å². The van der Waals surface area contributed by atoms with Crippen LogP contribution in [0.15, 0.2) is 35.4 Å². The third-order valence-corrected chi connectivity index (χ3v) is 3.61. The first-order valence-electron chi connectivity index (χ1n) is 6.24. The van der Waals surface area contributed by atoms with Crippen LogP contribution in [0.5, 0.6) is 0 Å². The van der Waals surface area contributed by atoms with Gasteiger partial charge in [-0.05, 0) is 24.1 Å². The van der Waals surface area contributed by atoms with E-state index >= 15 is 0 Å². The number of H-pyrrole nitrogens is 1.